The Morgan fingerprint density at radius 2 is 1.96 bits per heavy atom. The summed E-state index contributed by atoms with van der Waals surface area (Å²) in [6.45, 7) is 3.91. The molecule has 0 bridgehead atoms. The normalized spacial score (nSPS) is 16.3. The maximum absolute atomic E-state index is 13.8. The number of likely N-dealkylation sites (N-methyl/N-ethyl adjacent to an activating group) is 1. The first kappa shape index (κ1) is 15.2. The summed E-state index contributed by atoms with van der Waals surface area (Å²) in [6, 6.07) is 12.5. The van der Waals surface area contributed by atoms with E-state index in [4.69, 9.17) is 0 Å². The topological polar surface area (TPSA) is 28.4 Å². The molecular formula is C20H21FN2O. The van der Waals surface area contributed by atoms with Crippen molar-refractivity contribution in [2.75, 3.05) is 13.6 Å². The number of nitrogens with zero attached hydrogens (tertiary/aromatic N) is 2. The van der Waals surface area contributed by atoms with E-state index in [9.17, 15) is 9.50 Å². The van der Waals surface area contributed by atoms with Crippen LogP contribution in [0.25, 0.3) is 10.9 Å². The molecule has 0 spiro atoms. The number of hydrogen-bond acceptors (Lipinski definition) is 2. The van der Waals surface area contributed by atoms with Gasteiger partial charge in [0.25, 0.3) is 0 Å². The Morgan fingerprint density at radius 3 is 2.75 bits per heavy atom. The lowest BCUT2D eigenvalue weighted by molar-refractivity contribution is 0.308. The summed E-state index contributed by atoms with van der Waals surface area (Å²) in [5.74, 6) is 0.0986. The number of hydrogen-bond donors (Lipinski definition) is 1. The first-order chi connectivity index (χ1) is 11.6. The molecular weight excluding hydrogens is 303 g/mol. The minimum absolute atomic E-state index is 0.00804. The highest BCUT2D eigenvalue weighted by molar-refractivity contribution is 5.86. The summed E-state index contributed by atoms with van der Waals surface area (Å²) in [4.78, 5) is 2.27. The summed E-state index contributed by atoms with van der Waals surface area (Å²) >= 11 is 0. The molecule has 1 N–H and O–H groups in total. The maximum atomic E-state index is 13.8. The molecule has 4 rings (SSSR count). The zero-order valence-electron chi connectivity index (χ0n) is 14.0. The van der Waals surface area contributed by atoms with E-state index in [0.717, 1.165) is 36.0 Å². The number of para-hydroxylation sites is 1. The molecule has 4 heteroatoms. The predicted molar refractivity (Wildman–Crippen MR) is 93.9 cm³/mol. The van der Waals surface area contributed by atoms with Gasteiger partial charge in [-0.2, -0.15) is 0 Å². The largest absolute Gasteiger partial charge is 0.508 e. The van der Waals surface area contributed by atoms with Crippen molar-refractivity contribution in [3.8, 4) is 5.75 Å². The number of aromatic hydroxyl groups is 1. The molecule has 0 saturated carbocycles. The Morgan fingerprint density at radius 1 is 1.17 bits per heavy atom. The number of aromatic nitrogens is 1. The molecule has 1 aromatic heterocycles. The van der Waals surface area contributed by atoms with Crippen LogP contribution in [0.15, 0.2) is 42.5 Å². The van der Waals surface area contributed by atoms with Crippen molar-refractivity contribution in [2.45, 2.75) is 25.9 Å². The predicted octanol–water partition coefficient (Wildman–Crippen LogP) is 4.08. The van der Waals surface area contributed by atoms with Crippen LogP contribution >= 0.6 is 0 Å². The van der Waals surface area contributed by atoms with Crippen molar-refractivity contribution >= 4 is 10.9 Å². The fraction of sp³-hybridized carbons (Fsp3) is 0.300. The van der Waals surface area contributed by atoms with E-state index in [1.54, 1.807) is 12.1 Å². The van der Waals surface area contributed by atoms with Gasteiger partial charge in [-0.15, -0.1) is 0 Å². The zero-order chi connectivity index (χ0) is 16.8. The minimum atomic E-state index is -0.203. The first-order valence-corrected chi connectivity index (χ1v) is 8.34. The maximum Gasteiger partial charge on any atom is 0.123 e. The van der Waals surface area contributed by atoms with Gasteiger partial charge in [-0.3, -0.25) is 0 Å². The van der Waals surface area contributed by atoms with Crippen molar-refractivity contribution in [3.05, 3.63) is 65.1 Å². The highest BCUT2D eigenvalue weighted by atomic mass is 19.1. The average Bonchev–Trinajstić information content (AvgIpc) is 2.88. The van der Waals surface area contributed by atoms with Crippen molar-refractivity contribution in [2.24, 2.45) is 0 Å². The Kier molecular flexibility index (Phi) is 3.57. The van der Waals surface area contributed by atoms with Crippen LogP contribution in [0, 0.1) is 5.82 Å². The minimum Gasteiger partial charge on any atom is -0.508 e. The van der Waals surface area contributed by atoms with E-state index < -0.39 is 0 Å². The molecule has 3 nitrogen and oxygen atoms in total. The van der Waals surface area contributed by atoms with Gasteiger partial charge in [0.05, 0.1) is 6.04 Å². The standard InChI is InChI=1S/C20H21FN2O/c1-13(15-5-3-4-6-20(15)24)23-18-8-7-14(21)11-16(18)17-12-22(2)10-9-19(17)23/h3-8,11,13,24H,9-10,12H2,1-2H3. The molecule has 0 fully saturated rings. The number of phenolic OH excluding ortho intramolecular Hbond substituents is 1. The fourth-order valence-corrected chi connectivity index (χ4v) is 3.92. The van der Waals surface area contributed by atoms with Gasteiger partial charge in [-0.1, -0.05) is 18.2 Å². The van der Waals surface area contributed by atoms with Gasteiger partial charge in [0.2, 0.25) is 0 Å². The molecule has 0 saturated heterocycles. The second-order valence-electron chi connectivity index (χ2n) is 6.68. The molecule has 124 valence electrons. The summed E-state index contributed by atoms with van der Waals surface area (Å²) in [6.07, 6.45) is 0.931. The van der Waals surface area contributed by atoms with Crippen molar-refractivity contribution < 1.29 is 9.50 Å². The van der Waals surface area contributed by atoms with Crippen LogP contribution in [-0.4, -0.2) is 28.2 Å². The van der Waals surface area contributed by atoms with Gasteiger partial charge in [0, 0.05) is 41.7 Å². The van der Waals surface area contributed by atoms with E-state index in [2.05, 4.69) is 23.4 Å². The van der Waals surface area contributed by atoms with Crippen LogP contribution in [0.5, 0.6) is 5.75 Å². The summed E-state index contributed by atoms with van der Waals surface area (Å²) in [5.41, 5.74) is 4.39. The van der Waals surface area contributed by atoms with E-state index in [1.807, 2.05) is 24.3 Å². The Labute approximate surface area is 140 Å². The number of benzene rings is 2. The van der Waals surface area contributed by atoms with Crippen LogP contribution in [0.2, 0.25) is 0 Å². The Balaban J connectivity index is 1.97. The smallest absolute Gasteiger partial charge is 0.123 e. The molecule has 1 aliphatic rings. The van der Waals surface area contributed by atoms with E-state index >= 15 is 0 Å². The van der Waals surface area contributed by atoms with Crippen LogP contribution < -0.4 is 0 Å². The summed E-state index contributed by atoms with van der Waals surface area (Å²) in [7, 11) is 2.10. The van der Waals surface area contributed by atoms with Gasteiger partial charge in [0.15, 0.2) is 0 Å². The van der Waals surface area contributed by atoms with Gasteiger partial charge in [-0.05, 0) is 43.8 Å². The monoisotopic (exact) mass is 324 g/mol. The number of rotatable bonds is 2. The molecule has 24 heavy (non-hydrogen) atoms. The van der Waals surface area contributed by atoms with Crippen molar-refractivity contribution in [3.63, 3.8) is 0 Å². The molecule has 3 aromatic rings. The molecule has 2 heterocycles. The lowest BCUT2D eigenvalue weighted by Gasteiger charge is -2.26. The molecule has 2 aromatic carbocycles. The molecule has 1 atom stereocenters. The molecule has 0 aliphatic carbocycles. The van der Waals surface area contributed by atoms with Crippen molar-refractivity contribution in [1.82, 2.24) is 9.47 Å². The van der Waals surface area contributed by atoms with Crippen LogP contribution in [0.3, 0.4) is 0 Å². The second kappa shape index (κ2) is 5.64. The van der Waals surface area contributed by atoms with Crippen LogP contribution in [0.4, 0.5) is 4.39 Å². The summed E-state index contributed by atoms with van der Waals surface area (Å²) < 4.78 is 16.1. The van der Waals surface area contributed by atoms with E-state index in [1.165, 1.54) is 17.3 Å². The fourth-order valence-electron chi connectivity index (χ4n) is 3.92. The number of halogens is 1. The third kappa shape index (κ3) is 2.29. The first-order valence-electron chi connectivity index (χ1n) is 8.34. The Hall–Kier alpha value is -2.33. The van der Waals surface area contributed by atoms with Gasteiger partial charge in [-0.25, -0.2) is 4.39 Å². The third-order valence-electron chi connectivity index (χ3n) is 5.11. The van der Waals surface area contributed by atoms with Gasteiger partial charge >= 0.3 is 0 Å². The van der Waals surface area contributed by atoms with Gasteiger partial charge in [0.1, 0.15) is 11.6 Å². The molecule has 0 amide bonds. The third-order valence-corrected chi connectivity index (χ3v) is 5.11. The Bertz CT molecular complexity index is 915. The average molecular weight is 324 g/mol. The van der Waals surface area contributed by atoms with E-state index in [0.29, 0.717) is 5.75 Å². The lowest BCUT2D eigenvalue weighted by atomic mass is 10.0. The number of phenols is 1. The summed E-state index contributed by atoms with van der Waals surface area (Å²) in [5, 5.41) is 11.2. The molecule has 0 radical (unpaired) electrons. The molecule has 1 unspecified atom stereocenters. The zero-order valence-corrected chi connectivity index (χ0v) is 14.0. The van der Waals surface area contributed by atoms with Crippen LogP contribution in [0.1, 0.15) is 29.8 Å². The van der Waals surface area contributed by atoms with Crippen molar-refractivity contribution in [1.29, 1.82) is 0 Å². The van der Waals surface area contributed by atoms with E-state index in [-0.39, 0.29) is 11.9 Å². The highest BCUT2D eigenvalue weighted by Gasteiger charge is 2.26. The second-order valence-corrected chi connectivity index (χ2v) is 6.68. The SMILES string of the molecule is CC(c1ccccc1O)n1c2c(c3cc(F)ccc31)CN(C)CC2. The quantitative estimate of drug-likeness (QED) is 0.769. The van der Waals surface area contributed by atoms with Crippen LogP contribution in [-0.2, 0) is 13.0 Å². The highest BCUT2D eigenvalue weighted by Crippen LogP contribution is 2.37. The van der Waals surface area contributed by atoms with Gasteiger partial charge < -0.3 is 14.6 Å². The number of fused-ring (bicyclic) bond motifs is 3. The lowest BCUT2D eigenvalue weighted by Crippen LogP contribution is -2.28. The molecule has 1 aliphatic heterocycles.